The number of nitrogens with one attached hydrogen (secondary N) is 1. The molecule has 30 heavy (non-hydrogen) atoms. The molecule has 0 fully saturated rings. The van der Waals surface area contributed by atoms with Gasteiger partial charge < -0.3 is 24.3 Å². The van der Waals surface area contributed by atoms with E-state index in [9.17, 15) is 0 Å². The van der Waals surface area contributed by atoms with E-state index in [-0.39, 0.29) is 6.79 Å². The first-order chi connectivity index (χ1) is 14.6. The van der Waals surface area contributed by atoms with Gasteiger partial charge in [-0.05, 0) is 48.4 Å². The summed E-state index contributed by atoms with van der Waals surface area (Å²) < 4.78 is 22.5. The van der Waals surface area contributed by atoms with Crippen molar-refractivity contribution >= 4 is 28.9 Å². The van der Waals surface area contributed by atoms with Crippen molar-refractivity contribution in [3.63, 3.8) is 0 Å². The van der Waals surface area contributed by atoms with Gasteiger partial charge in [-0.25, -0.2) is 0 Å². The van der Waals surface area contributed by atoms with E-state index in [1.807, 2.05) is 55.5 Å². The molecule has 0 amide bonds. The lowest BCUT2D eigenvalue weighted by Crippen LogP contribution is -2.04. The van der Waals surface area contributed by atoms with E-state index >= 15 is 0 Å². The number of benzene rings is 3. The highest BCUT2D eigenvalue weighted by molar-refractivity contribution is 6.31. The van der Waals surface area contributed by atoms with Gasteiger partial charge >= 0.3 is 0 Å². The second kappa shape index (κ2) is 9.37. The number of rotatable bonds is 8. The summed E-state index contributed by atoms with van der Waals surface area (Å²) in [7, 11) is 0. The first kappa shape index (κ1) is 20.5. The molecule has 1 N–H and O–H groups in total. The van der Waals surface area contributed by atoms with Crippen LogP contribution in [0, 0.1) is 0 Å². The van der Waals surface area contributed by atoms with Gasteiger partial charge in [0, 0.05) is 34.4 Å². The molecule has 0 atom stereocenters. The predicted molar refractivity (Wildman–Crippen MR) is 118 cm³/mol. The minimum atomic E-state index is 0.249. The fourth-order valence-electron chi connectivity index (χ4n) is 3.09. The topological polar surface area (TPSA) is 49.0 Å². The summed E-state index contributed by atoms with van der Waals surface area (Å²) >= 11 is 12.6. The van der Waals surface area contributed by atoms with Gasteiger partial charge in [0.2, 0.25) is 6.79 Å². The van der Waals surface area contributed by atoms with Crippen LogP contribution in [0.2, 0.25) is 10.0 Å². The zero-order chi connectivity index (χ0) is 20.9. The minimum Gasteiger partial charge on any atom is -0.490 e. The third kappa shape index (κ3) is 4.86. The molecule has 5 nitrogen and oxygen atoms in total. The van der Waals surface area contributed by atoms with Crippen molar-refractivity contribution in [2.75, 3.05) is 18.7 Å². The van der Waals surface area contributed by atoms with Crippen LogP contribution in [-0.2, 0) is 13.2 Å². The van der Waals surface area contributed by atoms with Gasteiger partial charge in [-0.15, -0.1) is 0 Å². The van der Waals surface area contributed by atoms with E-state index in [4.69, 9.17) is 42.1 Å². The van der Waals surface area contributed by atoms with E-state index in [1.165, 1.54) is 0 Å². The van der Waals surface area contributed by atoms with Crippen LogP contribution in [0.1, 0.15) is 18.1 Å². The Labute approximate surface area is 185 Å². The average molecular weight is 446 g/mol. The molecule has 156 valence electrons. The van der Waals surface area contributed by atoms with Crippen molar-refractivity contribution in [1.29, 1.82) is 0 Å². The fourth-order valence-corrected chi connectivity index (χ4v) is 3.52. The summed E-state index contributed by atoms with van der Waals surface area (Å²) in [5, 5.41) is 4.61. The molecular weight excluding hydrogens is 425 g/mol. The zero-order valence-corrected chi connectivity index (χ0v) is 17.9. The Hall–Kier alpha value is -2.76. The van der Waals surface area contributed by atoms with Crippen molar-refractivity contribution in [3.8, 4) is 23.0 Å². The summed E-state index contributed by atoms with van der Waals surface area (Å²) in [5.41, 5.74) is 2.78. The number of hydrogen-bond donors (Lipinski definition) is 1. The number of halogens is 2. The van der Waals surface area contributed by atoms with E-state index in [1.54, 1.807) is 6.07 Å². The van der Waals surface area contributed by atoms with Gasteiger partial charge in [0.05, 0.1) is 6.61 Å². The highest BCUT2D eigenvalue weighted by Gasteiger charge is 2.15. The normalized spacial score (nSPS) is 12.0. The number of anilines is 1. The van der Waals surface area contributed by atoms with Crippen molar-refractivity contribution in [2.24, 2.45) is 0 Å². The van der Waals surface area contributed by atoms with Crippen LogP contribution >= 0.6 is 23.2 Å². The Morgan fingerprint density at radius 3 is 2.60 bits per heavy atom. The van der Waals surface area contributed by atoms with Crippen molar-refractivity contribution in [3.05, 3.63) is 75.8 Å². The molecule has 0 aliphatic carbocycles. The second-order valence-electron chi connectivity index (χ2n) is 6.66. The molecule has 3 aromatic carbocycles. The van der Waals surface area contributed by atoms with Gasteiger partial charge in [0.1, 0.15) is 6.61 Å². The highest BCUT2D eigenvalue weighted by atomic mass is 35.5. The second-order valence-corrected chi connectivity index (χ2v) is 7.51. The molecule has 0 unspecified atom stereocenters. The summed E-state index contributed by atoms with van der Waals surface area (Å²) in [4.78, 5) is 0. The van der Waals surface area contributed by atoms with Gasteiger partial charge in [-0.3, -0.25) is 0 Å². The maximum atomic E-state index is 6.53. The summed E-state index contributed by atoms with van der Waals surface area (Å²) in [6.07, 6.45) is 0. The van der Waals surface area contributed by atoms with Crippen molar-refractivity contribution in [2.45, 2.75) is 20.1 Å². The van der Waals surface area contributed by atoms with E-state index in [2.05, 4.69) is 5.32 Å². The van der Waals surface area contributed by atoms with Crippen LogP contribution in [0.25, 0.3) is 0 Å². The first-order valence-corrected chi connectivity index (χ1v) is 10.3. The first-order valence-electron chi connectivity index (χ1n) is 9.58. The Kier molecular flexibility index (Phi) is 6.41. The SMILES string of the molecule is CCOc1cc(CNc2ccc3c(c2)OCO3)c(Cl)cc1OCc1cccc(Cl)c1. The van der Waals surface area contributed by atoms with Crippen LogP contribution in [-0.4, -0.2) is 13.4 Å². The quantitative estimate of drug-likeness (QED) is 0.439. The molecule has 0 radical (unpaired) electrons. The minimum absolute atomic E-state index is 0.249. The van der Waals surface area contributed by atoms with Gasteiger partial charge in [0.25, 0.3) is 0 Å². The third-order valence-corrected chi connectivity index (χ3v) is 5.14. The predicted octanol–water partition coefficient (Wildman–Crippen LogP) is 6.31. The largest absolute Gasteiger partial charge is 0.490 e. The van der Waals surface area contributed by atoms with Gasteiger partial charge in [-0.2, -0.15) is 0 Å². The molecule has 0 spiro atoms. The van der Waals surface area contributed by atoms with Crippen molar-refractivity contribution < 1.29 is 18.9 Å². The van der Waals surface area contributed by atoms with E-state index in [0.717, 1.165) is 28.3 Å². The lowest BCUT2D eigenvalue weighted by atomic mass is 10.2. The monoisotopic (exact) mass is 445 g/mol. The third-order valence-electron chi connectivity index (χ3n) is 4.55. The van der Waals surface area contributed by atoms with Gasteiger partial charge in [0.15, 0.2) is 23.0 Å². The molecule has 0 saturated carbocycles. The zero-order valence-electron chi connectivity index (χ0n) is 16.4. The molecule has 3 aromatic rings. The fraction of sp³-hybridized carbons (Fsp3) is 0.217. The number of ether oxygens (including phenoxy) is 4. The highest BCUT2D eigenvalue weighted by Crippen LogP contribution is 2.36. The molecule has 1 aliphatic heterocycles. The smallest absolute Gasteiger partial charge is 0.231 e. The lowest BCUT2D eigenvalue weighted by molar-refractivity contribution is 0.174. The molecule has 1 aliphatic rings. The van der Waals surface area contributed by atoms with Gasteiger partial charge in [-0.1, -0.05) is 35.3 Å². The molecule has 4 rings (SSSR count). The molecule has 0 aromatic heterocycles. The Morgan fingerprint density at radius 1 is 0.933 bits per heavy atom. The Bertz CT molecular complexity index is 1040. The van der Waals surface area contributed by atoms with E-state index < -0.39 is 0 Å². The Balaban J connectivity index is 1.47. The molecule has 0 saturated heterocycles. The van der Waals surface area contributed by atoms with Crippen LogP contribution < -0.4 is 24.3 Å². The maximum Gasteiger partial charge on any atom is 0.231 e. The molecular formula is C23H21Cl2NO4. The number of hydrogen-bond acceptors (Lipinski definition) is 5. The van der Waals surface area contributed by atoms with Crippen LogP contribution in [0.5, 0.6) is 23.0 Å². The summed E-state index contributed by atoms with van der Waals surface area (Å²) in [6, 6.07) is 17.0. The standard InChI is InChI=1S/C23H21Cl2NO4/c1-2-27-21-9-16(12-26-18-6-7-20-22(10-18)30-14-29-20)19(25)11-23(21)28-13-15-4-3-5-17(24)8-15/h3-11,26H,2,12-14H2,1H3. The van der Waals surface area contributed by atoms with Crippen molar-refractivity contribution in [1.82, 2.24) is 0 Å². The lowest BCUT2D eigenvalue weighted by Gasteiger charge is -2.16. The molecule has 0 bridgehead atoms. The molecule has 7 heteroatoms. The van der Waals surface area contributed by atoms with Crippen LogP contribution in [0.3, 0.4) is 0 Å². The maximum absolute atomic E-state index is 6.53. The molecule has 1 heterocycles. The Morgan fingerprint density at radius 2 is 1.77 bits per heavy atom. The summed E-state index contributed by atoms with van der Waals surface area (Å²) in [5.74, 6) is 2.71. The summed E-state index contributed by atoms with van der Waals surface area (Å²) in [6.45, 7) is 3.59. The van der Waals surface area contributed by atoms with Crippen LogP contribution in [0.4, 0.5) is 5.69 Å². The average Bonchev–Trinajstić information content (AvgIpc) is 3.21. The van der Waals surface area contributed by atoms with E-state index in [0.29, 0.717) is 41.3 Å². The van der Waals surface area contributed by atoms with Crippen LogP contribution in [0.15, 0.2) is 54.6 Å². The number of fused-ring (bicyclic) bond motifs is 1.